The third-order valence-electron chi connectivity index (χ3n) is 4.89. The number of rotatable bonds is 5. The molecule has 0 atom stereocenters. The molecule has 0 N–H and O–H groups in total. The van der Waals surface area contributed by atoms with E-state index in [0.717, 1.165) is 37.1 Å². The van der Waals surface area contributed by atoms with Gasteiger partial charge in [-0.1, -0.05) is 30.3 Å². The molecule has 0 bridgehead atoms. The fourth-order valence-electron chi connectivity index (χ4n) is 3.43. The van der Waals surface area contributed by atoms with Crippen molar-refractivity contribution in [3.8, 4) is 0 Å². The molecule has 3 nitrogen and oxygen atoms in total. The van der Waals surface area contributed by atoms with Gasteiger partial charge < -0.3 is 4.90 Å². The van der Waals surface area contributed by atoms with Gasteiger partial charge in [0.25, 0.3) is 0 Å². The van der Waals surface area contributed by atoms with Gasteiger partial charge in [0.2, 0.25) is 5.91 Å². The molecule has 0 unspecified atom stereocenters. The zero-order valence-electron chi connectivity index (χ0n) is 13.6. The SMILES string of the molecule is O=C(CN(Cc1ccc(F)cc1)C1CC1)N1CCc2ccccc21. The van der Waals surface area contributed by atoms with E-state index in [4.69, 9.17) is 0 Å². The van der Waals surface area contributed by atoms with Gasteiger partial charge in [0, 0.05) is 24.8 Å². The Balaban J connectivity index is 1.46. The van der Waals surface area contributed by atoms with Crippen molar-refractivity contribution in [3.05, 3.63) is 65.5 Å². The summed E-state index contributed by atoms with van der Waals surface area (Å²) in [6.07, 6.45) is 3.22. The second-order valence-corrected chi connectivity index (χ2v) is 6.69. The van der Waals surface area contributed by atoms with E-state index in [0.29, 0.717) is 19.1 Å². The number of anilines is 1. The van der Waals surface area contributed by atoms with Gasteiger partial charge in [-0.05, 0) is 48.6 Å². The van der Waals surface area contributed by atoms with E-state index < -0.39 is 0 Å². The summed E-state index contributed by atoms with van der Waals surface area (Å²) in [7, 11) is 0. The average molecular weight is 324 g/mol. The summed E-state index contributed by atoms with van der Waals surface area (Å²) >= 11 is 0. The lowest BCUT2D eigenvalue weighted by atomic mass is 10.2. The first-order chi connectivity index (χ1) is 11.7. The highest BCUT2D eigenvalue weighted by Crippen LogP contribution is 2.31. The number of fused-ring (bicyclic) bond motifs is 1. The van der Waals surface area contributed by atoms with Crippen molar-refractivity contribution in [3.63, 3.8) is 0 Å². The van der Waals surface area contributed by atoms with Crippen LogP contribution in [0, 0.1) is 5.82 Å². The van der Waals surface area contributed by atoms with Crippen LogP contribution in [0.4, 0.5) is 10.1 Å². The number of benzene rings is 2. The smallest absolute Gasteiger partial charge is 0.241 e. The molecule has 4 rings (SSSR count). The predicted molar refractivity (Wildman–Crippen MR) is 92.3 cm³/mol. The van der Waals surface area contributed by atoms with Crippen LogP contribution in [0.3, 0.4) is 0 Å². The maximum atomic E-state index is 13.1. The van der Waals surface area contributed by atoms with Gasteiger partial charge in [-0.15, -0.1) is 0 Å². The van der Waals surface area contributed by atoms with Crippen molar-refractivity contribution in [1.29, 1.82) is 0 Å². The summed E-state index contributed by atoms with van der Waals surface area (Å²) in [5.41, 5.74) is 3.36. The van der Waals surface area contributed by atoms with E-state index >= 15 is 0 Å². The number of halogens is 1. The predicted octanol–water partition coefficient (Wildman–Crippen LogP) is 3.38. The third-order valence-corrected chi connectivity index (χ3v) is 4.89. The van der Waals surface area contributed by atoms with Crippen LogP contribution in [0.2, 0.25) is 0 Å². The summed E-state index contributed by atoms with van der Waals surface area (Å²) < 4.78 is 13.1. The molecular weight excluding hydrogens is 303 g/mol. The Morgan fingerprint density at radius 1 is 1.12 bits per heavy atom. The van der Waals surface area contributed by atoms with Crippen LogP contribution < -0.4 is 4.90 Å². The zero-order valence-corrected chi connectivity index (χ0v) is 13.6. The highest BCUT2D eigenvalue weighted by atomic mass is 19.1. The van der Waals surface area contributed by atoms with Gasteiger partial charge in [-0.3, -0.25) is 9.69 Å². The molecule has 2 aromatic rings. The molecule has 1 amide bonds. The normalized spacial score (nSPS) is 16.5. The summed E-state index contributed by atoms with van der Waals surface area (Å²) in [6, 6.07) is 15.2. The molecule has 2 aliphatic rings. The first-order valence-corrected chi connectivity index (χ1v) is 8.57. The maximum absolute atomic E-state index is 13.1. The summed E-state index contributed by atoms with van der Waals surface area (Å²) in [6.45, 7) is 1.90. The van der Waals surface area contributed by atoms with Gasteiger partial charge in [0.1, 0.15) is 5.82 Å². The van der Waals surface area contributed by atoms with Crippen molar-refractivity contribution < 1.29 is 9.18 Å². The second-order valence-electron chi connectivity index (χ2n) is 6.69. The Morgan fingerprint density at radius 2 is 1.88 bits per heavy atom. The van der Waals surface area contributed by atoms with Crippen LogP contribution in [-0.2, 0) is 17.8 Å². The molecule has 4 heteroatoms. The third kappa shape index (κ3) is 3.20. The lowest BCUT2D eigenvalue weighted by Crippen LogP contribution is -2.40. The maximum Gasteiger partial charge on any atom is 0.241 e. The van der Waals surface area contributed by atoms with Gasteiger partial charge in [0.05, 0.1) is 6.54 Å². The number of nitrogens with zero attached hydrogens (tertiary/aromatic N) is 2. The minimum atomic E-state index is -0.221. The number of amides is 1. The molecule has 0 aromatic heterocycles. The van der Waals surface area contributed by atoms with Gasteiger partial charge in [-0.25, -0.2) is 4.39 Å². The van der Waals surface area contributed by atoms with E-state index in [1.165, 1.54) is 17.7 Å². The monoisotopic (exact) mass is 324 g/mol. The minimum absolute atomic E-state index is 0.161. The molecule has 0 spiro atoms. The quantitative estimate of drug-likeness (QED) is 0.842. The summed E-state index contributed by atoms with van der Waals surface area (Å²) in [4.78, 5) is 17.0. The highest BCUT2D eigenvalue weighted by molar-refractivity contribution is 5.96. The van der Waals surface area contributed by atoms with Crippen molar-refractivity contribution in [1.82, 2.24) is 4.90 Å². The first kappa shape index (κ1) is 15.3. The second kappa shape index (κ2) is 6.36. The molecule has 124 valence electrons. The van der Waals surface area contributed by atoms with Gasteiger partial charge in [-0.2, -0.15) is 0 Å². The molecule has 2 aromatic carbocycles. The van der Waals surface area contributed by atoms with Crippen LogP contribution in [-0.4, -0.2) is 29.9 Å². The largest absolute Gasteiger partial charge is 0.311 e. The van der Waals surface area contributed by atoms with E-state index in [-0.39, 0.29) is 11.7 Å². The highest BCUT2D eigenvalue weighted by Gasteiger charge is 2.33. The van der Waals surface area contributed by atoms with E-state index in [1.54, 1.807) is 12.1 Å². The van der Waals surface area contributed by atoms with Crippen molar-refractivity contribution in [2.75, 3.05) is 18.0 Å². The number of carbonyl (C=O) groups is 1. The standard InChI is InChI=1S/C20H21FN2O/c21-17-7-5-15(6-8-17)13-22(18-9-10-18)14-20(24)23-12-11-16-3-1-2-4-19(16)23/h1-8,18H,9-14H2. The molecular formula is C20H21FN2O. The van der Waals surface area contributed by atoms with Gasteiger partial charge >= 0.3 is 0 Å². The van der Waals surface area contributed by atoms with Crippen molar-refractivity contribution >= 4 is 11.6 Å². The Morgan fingerprint density at radius 3 is 2.62 bits per heavy atom. The zero-order chi connectivity index (χ0) is 16.5. The molecule has 1 saturated carbocycles. The molecule has 24 heavy (non-hydrogen) atoms. The van der Waals surface area contributed by atoms with Crippen LogP contribution in [0.5, 0.6) is 0 Å². The summed E-state index contributed by atoms with van der Waals surface area (Å²) in [5.74, 6) is -0.0598. The van der Waals surface area contributed by atoms with Crippen LogP contribution in [0.1, 0.15) is 24.0 Å². The molecule has 1 aliphatic carbocycles. The molecule has 1 heterocycles. The molecule has 0 saturated heterocycles. The Hall–Kier alpha value is -2.20. The minimum Gasteiger partial charge on any atom is -0.311 e. The van der Waals surface area contributed by atoms with Gasteiger partial charge in [0.15, 0.2) is 0 Å². The number of para-hydroxylation sites is 1. The van der Waals surface area contributed by atoms with E-state index in [9.17, 15) is 9.18 Å². The van der Waals surface area contributed by atoms with Crippen LogP contribution in [0.15, 0.2) is 48.5 Å². The fourth-order valence-corrected chi connectivity index (χ4v) is 3.43. The molecule has 1 aliphatic heterocycles. The number of carbonyl (C=O) groups excluding carboxylic acids is 1. The molecule has 0 radical (unpaired) electrons. The van der Waals surface area contributed by atoms with Crippen molar-refractivity contribution in [2.24, 2.45) is 0 Å². The topological polar surface area (TPSA) is 23.6 Å². The van der Waals surface area contributed by atoms with Crippen LogP contribution >= 0.6 is 0 Å². The lowest BCUT2D eigenvalue weighted by molar-refractivity contribution is -0.119. The fraction of sp³-hybridized carbons (Fsp3) is 0.350. The van der Waals surface area contributed by atoms with E-state index in [2.05, 4.69) is 11.0 Å². The summed E-state index contributed by atoms with van der Waals surface area (Å²) in [5, 5.41) is 0. The molecule has 1 fully saturated rings. The van der Waals surface area contributed by atoms with Crippen molar-refractivity contribution in [2.45, 2.75) is 31.8 Å². The average Bonchev–Trinajstić information content (AvgIpc) is 3.35. The Labute approximate surface area is 141 Å². The Bertz CT molecular complexity index is 740. The number of hydrogen-bond acceptors (Lipinski definition) is 2. The van der Waals surface area contributed by atoms with Crippen LogP contribution in [0.25, 0.3) is 0 Å². The number of hydrogen-bond donors (Lipinski definition) is 0. The van der Waals surface area contributed by atoms with E-state index in [1.807, 2.05) is 23.1 Å². The lowest BCUT2D eigenvalue weighted by Gasteiger charge is -2.25. The first-order valence-electron chi connectivity index (χ1n) is 8.57. The Kier molecular flexibility index (Phi) is 4.07.